The normalized spacial score (nSPS) is 34.8. The highest BCUT2D eigenvalue weighted by molar-refractivity contribution is 4.88. The lowest BCUT2D eigenvalue weighted by atomic mass is 9.94. The van der Waals surface area contributed by atoms with Crippen LogP contribution in [0.25, 0.3) is 0 Å². The molecule has 1 aliphatic carbocycles. The van der Waals surface area contributed by atoms with E-state index in [1.807, 2.05) is 0 Å². The van der Waals surface area contributed by atoms with Gasteiger partial charge in [-0.3, -0.25) is 0 Å². The number of likely N-dealkylation sites (tertiary alicyclic amines) is 1. The van der Waals surface area contributed by atoms with Crippen molar-refractivity contribution in [3.63, 3.8) is 0 Å². The Kier molecular flexibility index (Phi) is 4.04. The van der Waals surface area contributed by atoms with Gasteiger partial charge in [0.05, 0.1) is 0 Å². The quantitative estimate of drug-likeness (QED) is 0.767. The van der Waals surface area contributed by atoms with Gasteiger partial charge < -0.3 is 10.2 Å². The molecule has 0 bridgehead atoms. The van der Waals surface area contributed by atoms with Crippen LogP contribution >= 0.6 is 0 Å². The molecule has 15 heavy (non-hydrogen) atoms. The van der Waals surface area contributed by atoms with Crippen molar-refractivity contribution in [3.05, 3.63) is 0 Å². The highest BCUT2D eigenvalue weighted by Crippen LogP contribution is 2.32. The standard InChI is InChI=1S/C13H26N2/c1-11-6-8-15(9-7-11)13-5-3-4-12(13)10-14-2/h11-14H,3-10H2,1-2H3. The lowest BCUT2D eigenvalue weighted by Crippen LogP contribution is -2.44. The number of rotatable bonds is 3. The Balaban J connectivity index is 1.86. The van der Waals surface area contributed by atoms with Gasteiger partial charge in [0.2, 0.25) is 0 Å². The van der Waals surface area contributed by atoms with Crippen LogP contribution in [0, 0.1) is 11.8 Å². The van der Waals surface area contributed by atoms with Crippen LogP contribution in [0.5, 0.6) is 0 Å². The molecule has 2 nitrogen and oxygen atoms in total. The second kappa shape index (κ2) is 5.31. The van der Waals surface area contributed by atoms with Gasteiger partial charge in [-0.15, -0.1) is 0 Å². The third kappa shape index (κ3) is 2.73. The number of hydrogen-bond donors (Lipinski definition) is 1. The Hall–Kier alpha value is -0.0800. The minimum Gasteiger partial charge on any atom is -0.319 e. The van der Waals surface area contributed by atoms with E-state index >= 15 is 0 Å². The average molecular weight is 210 g/mol. The van der Waals surface area contributed by atoms with E-state index < -0.39 is 0 Å². The Morgan fingerprint density at radius 1 is 1.13 bits per heavy atom. The molecule has 88 valence electrons. The molecule has 2 unspecified atom stereocenters. The fourth-order valence-corrected chi connectivity index (χ4v) is 3.36. The van der Waals surface area contributed by atoms with Gasteiger partial charge in [0.1, 0.15) is 0 Å². The van der Waals surface area contributed by atoms with E-state index in [4.69, 9.17) is 0 Å². The molecule has 2 fully saturated rings. The Labute approximate surface area is 94.4 Å². The fourth-order valence-electron chi connectivity index (χ4n) is 3.36. The number of nitrogens with one attached hydrogen (secondary N) is 1. The molecule has 2 aliphatic rings. The molecule has 1 saturated heterocycles. The molecule has 2 atom stereocenters. The van der Waals surface area contributed by atoms with Crippen LogP contribution in [0.1, 0.15) is 39.0 Å². The topological polar surface area (TPSA) is 15.3 Å². The van der Waals surface area contributed by atoms with E-state index in [1.54, 1.807) is 0 Å². The monoisotopic (exact) mass is 210 g/mol. The van der Waals surface area contributed by atoms with Gasteiger partial charge >= 0.3 is 0 Å². The summed E-state index contributed by atoms with van der Waals surface area (Å²) in [5, 5.41) is 3.36. The Morgan fingerprint density at radius 2 is 1.87 bits per heavy atom. The van der Waals surface area contributed by atoms with Crippen LogP contribution in [0.4, 0.5) is 0 Å². The zero-order valence-electron chi connectivity index (χ0n) is 10.3. The van der Waals surface area contributed by atoms with E-state index in [2.05, 4.69) is 24.2 Å². The Bertz CT molecular complexity index is 185. The van der Waals surface area contributed by atoms with Crippen molar-refractivity contribution in [2.24, 2.45) is 11.8 Å². The summed E-state index contributed by atoms with van der Waals surface area (Å²) in [5.74, 6) is 1.88. The third-order valence-electron chi connectivity index (χ3n) is 4.37. The van der Waals surface area contributed by atoms with Gasteiger partial charge in [-0.25, -0.2) is 0 Å². The highest BCUT2D eigenvalue weighted by atomic mass is 15.2. The van der Waals surface area contributed by atoms with Crippen molar-refractivity contribution in [1.82, 2.24) is 10.2 Å². The summed E-state index contributed by atoms with van der Waals surface area (Å²) in [7, 11) is 2.09. The molecule has 0 aromatic heterocycles. The first-order valence-corrected chi connectivity index (χ1v) is 6.70. The van der Waals surface area contributed by atoms with E-state index in [-0.39, 0.29) is 0 Å². The maximum absolute atomic E-state index is 3.36. The van der Waals surface area contributed by atoms with Crippen LogP contribution in [0.2, 0.25) is 0 Å². The summed E-state index contributed by atoms with van der Waals surface area (Å²) in [6.07, 6.45) is 7.17. The van der Waals surface area contributed by atoms with Gasteiger partial charge in [0, 0.05) is 6.04 Å². The van der Waals surface area contributed by atoms with Crippen LogP contribution < -0.4 is 5.32 Å². The maximum atomic E-state index is 3.36. The molecule has 2 heteroatoms. The molecule has 0 radical (unpaired) electrons. The molecular weight excluding hydrogens is 184 g/mol. The van der Waals surface area contributed by atoms with Crippen molar-refractivity contribution in [2.45, 2.75) is 45.1 Å². The van der Waals surface area contributed by atoms with Crippen LogP contribution in [0.15, 0.2) is 0 Å². The molecule has 1 aliphatic heterocycles. The number of nitrogens with zero attached hydrogens (tertiary/aromatic N) is 1. The van der Waals surface area contributed by atoms with Crippen molar-refractivity contribution < 1.29 is 0 Å². The summed E-state index contributed by atoms with van der Waals surface area (Å²) >= 11 is 0. The summed E-state index contributed by atoms with van der Waals surface area (Å²) in [4.78, 5) is 2.77. The second-order valence-corrected chi connectivity index (χ2v) is 5.53. The minimum absolute atomic E-state index is 0.893. The zero-order valence-corrected chi connectivity index (χ0v) is 10.3. The number of piperidine rings is 1. The summed E-state index contributed by atoms with van der Waals surface area (Å²) in [6.45, 7) is 6.33. The molecule has 1 saturated carbocycles. The highest BCUT2D eigenvalue weighted by Gasteiger charge is 2.32. The van der Waals surface area contributed by atoms with E-state index in [0.29, 0.717) is 0 Å². The molecule has 0 spiro atoms. The third-order valence-corrected chi connectivity index (χ3v) is 4.37. The fraction of sp³-hybridized carbons (Fsp3) is 1.00. The zero-order chi connectivity index (χ0) is 10.7. The predicted molar refractivity (Wildman–Crippen MR) is 65.0 cm³/mol. The van der Waals surface area contributed by atoms with Gasteiger partial charge in [0.25, 0.3) is 0 Å². The van der Waals surface area contributed by atoms with E-state index in [9.17, 15) is 0 Å². The average Bonchev–Trinajstić information content (AvgIpc) is 2.68. The summed E-state index contributed by atoms with van der Waals surface area (Å²) in [6, 6.07) is 0.893. The summed E-state index contributed by atoms with van der Waals surface area (Å²) < 4.78 is 0. The van der Waals surface area contributed by atoms with Crippen molar-refractivity contribution in [2.75, 3.05) is 26.7 Å². The maximum Gasteiger partial charge on any atom is 0.0136 e. The summed E-state index contributed by atoms with van der Waals surface area (Å²) in [5.41, 5.74) is 0. The molecule has 1 N–H and O–H groups in total. The van der Waals surface area contributed by atoms with Crippen LogP contribution in [0.3, 0.4) is 0 Å². The van der Waals surface area contributed by atoms with Crippen molar-refractivity contribution in [3.8, 4) is 0 Å². The number of hydrogen-bond acceptors (Lipinski definition) is 2. The van der Waals surface area contributed by atoms with Gasteiger partial charge in [0.15, 0.2) is 0 Å². The molecule has 0 amide bonds. The smallest absolute Gasteiger partial charge is 0.0136 e. The predicted octanol–water partition coefficient (Wildman–Crippen LogP) is 2.11. The lowest BCUT2D eigenvalue weighted by Gasteiger charge is -2.37. The second-order valence-electron chi connectivity index (χ2n) is 5.53. The molecule has 1 heterocycles. The molecular formula is C13H26N2. The van der Waals surface area contributed by atoms with Crippen molar-refractivity contribution in [1.29, 1.82) is 0 Å². The van der Waals surface area contributed by atoms with Crippen LogP contribution in [-0.4, -0.2) is 37.6 Å². The van der Waals surface area contributed by atoms with E-state index in [1.165, 1.54) is 51.7 Å². The van der Waals surface area contributed by atoms with Gasteiger partial charge in [-0.2, -0.15) is 0 Å². The lowest BCUT2D eigenvalue weighted by molar-refractivity contribution is 0.112. The SMILES string of the molecule is CNCC1CCCC1N1CCC(C)CC1. The first-order chi connectivity index (χ1) is 7.31. The molecule has 2 rings (SSSR count). The molecule has 0 aromatic rings. The Morgan fingerprint density at radius 3 is 2.53 bits per heavy atom. The van der Waals surface area contributed by atoms with E-state index in [0.717, 1.165) is 17.9 Å². The van der Waals surface area contributed by atoms with Crippen LogP contribution in [-0.2, 0) is 0 Å². The van der Waals surface area contributed by atoms with Gasteiger partial charge in [-0.05, 0) is 64.2 Å². The first kappa shape index (κ1) is 11.4. The largest absolute Gasteiger partial charge is 0.319 e. The van der Waals surface area contributed by atoms with Crippen molar-refractivity contribution >= 4 is 0 Å². The minimum atomic E-state index is 0.893. The molecule has 0 aromatic carbocycles. The first-order valence-electron chi connectivity index (χ1n) is 6.70. The van der Waals surface area contributed by atoms with Gasteiger partial charge in [-0.1, -0.05) is 13.3 Å².